The van der Waals surface area contributed by atoms with E-state index in [0.717, 1.165) is 0 Å². The second-order valence-electron chi connectivity index (χ2n) is 4.10. The van der Waals surface area contributed by atoms with Gasteiger partial charge in [0.05, 0.1) is 0 Å². The zero-order valence-corrected chi connectivity index (χ0v) is 13.9. The van der Waals surface area contributed by atoms with Crippen molar-refractivity contribution in [3.05, 3.63) is 35.4 Å². The average Bonchev–Trinajstić information content (AvgIpc) is 2.35. The molecule has 0 unspecified atom stereocenters. The van der Waals surface area contributed by atoms with Crippen LogP contribution in [0.4, 0.5) is 0 Å². The van der Waals surface area contributed by atoms with Crippen molar-refractivity contribution in [2.24, 2.45) is 0 Å². The minimum absolute atomic E-state index is 0.556. The first-order valence-electron chi connectivity index (χ1n) is 6.32. The van der Waals surface area contributed by atoms with Crippen LogP contribution in [0.25, 0.3) is 0 Å². The third-order valence-electron chi connectivity index (χ3n) is 2.63. The third-order valence-corrected chi connectivity index (χ3v) is 2.63. The summed E-state index contributed by atoms with van der Waals surface area (Å²) in [6.07, 6.45) is 7.71. The molecule has 0 bridgehead atoms. The van der Waals surface area contributed by atoms with E-state index in [1.165, 1.54) is 49.7 Å². The Hall–Kier alpha value is 0.514. The van der Waals surface area contributed by atoms with Crippen LogP contribution >= 0.6 is 18.6 Å². The number of benzene rings is 1. The molecule has 0 aliphatic carbocycles. The fraction of sp³-hybridized carbons (Fsp3) is 0.571. The normalized spacial score (nSPS) is 9.41. The number of halogens is 2. The van der Waals surface area contributed by atoms with E-state index in [4.69, 9.17) is 18.6 Å². The Morgan fingerprint density at radius 2 is 1.35 bits per heavy atom. The quantitative estimate of drug-likeness (QED) is 0.587. The van der Waals surface area contributed by atoms with Gasteiger partial charge in [0, 0.05) is 0 Å². The van der Waals surface area contributed by atoms with Crippen LogP contribution in [-0.4, -0.2) is 0 Å². The van der Waals surface area contributed by atoms with Crippen LogP contribution < -0.4 is 0 Å². The molecule has 0 fully saturated rings. The van der Waals surface area contributed by atoms with Gasteiger partial charge in [0.25, 0.3) is 0 Å². The maximum atomic E-state index is 4.89. The molecule has 3 heteroatoms. The van der Waals surface area contributed by atoms with Crippen LogP contribution in [0, 0.1) is 0 Å². The number of hydrogen-bond donors (Lipinski definition) is 0. The Balaban J connectivity index is 0.000000770. The summed E-state index contributed by atoms with van der Waals surface area (Å²) in [7, 11) is 9.78. The first kappa shape index (κ1) is 17.5. The van der Waals surface area contributed by atoms with Gasteiger partial charge in [-0.15, -0.1) is 0 Å². The molecule has 0 saturated carbocycles. The van der Waals surface area contributed by atoms with E-state index >= 15 is 0 Å². The van der Waals surface area contributed by atoms with E-state index in [9.17, 15) is 0 Å². The van der Waals surface area contributed by atoms with E-state index in [0.29, 0.717) is 0 Å². The predicted molar refractivity (Wildman–Crippen MR) is 75.4 cm³/mol. The van der Waals surface area contributed by atoms with Crippen LogP contribution in [0.1, 0.15) is 50.7 Å². The monoisotopic (exact) mass is 308 g/mol. The molecule has 1 aromatic rings. The second kappa shape index (κ2) is 13.0. The average molecular weight is 309 g/mol. The Morgan fingerprint density at radius 3 is 1.71 bits per heavy atom. The Labute approximate surface area is 123 Å². The number of rotatable bonds is 6. The third kappa shape index (κ3) is 10.1. The Kier molecular flexibility index (Phi) is 13.4. The Morgan fingerprint density at radius 1 is 0.941 bits per heavy atom. The Bertz CT molecular complexity index is 253. The van der Waals surface area contributed by atoms with Gasteiger partial charge >= 0.3 is 35.6 Å². The predicted octanol–water partition coefficient (Wildman–Crippen LogP) is 5.75. The summed E-state index contributed by atoms with van der Waals surface area (Å²) in [5, 5.41) is 0. The summed E-state index contributed by atoms with van der Waals surface area (Å²) in [4.78, 5) is 0. The fourth-order valence-electron chi connectivity index (χ4n) is 1.70. The van der Waals surface area contributed by atoms with E-state index in [2.05, 4.69) is 38.1 Å². The molecule has 17 heavy (non-hydrogen) atoms. The molecule has 0 saturated heterocycles. The van der Waals surface area contributed by atoms with Crippen molar-refractivity contribution < 1.29 is 17.0 Å². The van der Waals surface area contributed by atoms with Crippen LogP contribution in [0.3, 0.4) is 0 Å². The molecule has 1 rings (SSSR count). The van der Waals surface area contributed by atoms with Gasteiger partial charge < -0.3 is 0 Å². The van der Waals surface area contributed by atoms with Crippen molar-refractivity contribution in [2.75, 3.05) is 0 Å². The molecule has 0 aliphatic rings. The van der Waals surface area contributed by atoms with Crippen molar-refractivity contribution in [2.45, 2.75) is 52.4 Å². The molecule has 0 atom stereocenters. The van der Waals surface area contributed by atoms with E-state index in [-0.39, 0.29) is 0 Å². The van der Waals surface area contributed by atoms with Crippen molar-refractivity contribution in [1.82, 2.24) is 0 Å². The molecule has 0 spiro atoms. The molecule has 0 N–H and O–H groups in total. The van der Waals surface area contributed by atoms with Gasteiger partial charge in [0.2, 0.25) is 0 Å². The summed E-state index contributed by atoms with van der Waals surface area (Å²) in [5.41, 5.74) is 3.03. The van der Waals surface area contributed by atoms with E-state index < -0.39 is 17.0 Å². The number of aryl methyl sites for hydroxylation is 2. The zero-order valence-electron chi connectivity index (χ0n) is 10.8. The van der Waals surface area contributed by atoms with Crippen molar-refractivity contribution in [3.63, 3.8) is 0 Å². The molecule has 1 aromatic carbocycles. The van der Waals surface area contributed by atoms with E-state index in [1.54, 1.807) is 0 Å². The first-order chi connectivity index (χ1) is 8.28. The molecule has 0 aliphatic heterocycles. The van der Waals surface area contributed by atoms with Crippen molar-refractivity contribution in [1.29, 1.82) is 0 Å². The second-order valence-corrected chi connectivity index (χ2v) is 6.68. The SMILES string of the molecule is CCCCc1cccc(CCCC)c1.[Cl][Ti][Cl]. The van der Waals surface area contributed by atoms with Crippen molar-refractivity contribution in [3.8, 4) is 0 Å². The van der Waals surface area contributed by atoms with Crippen LogP contribution in [0.5, 0.6) is 0 Å². The van der Waals surface area contributed by atoms with Gasteiger partial charge in [-0.25, -0.2) is 0 Å². The van der Waals surface area contributed by atoms with Gasteiger partial charge in [0.1, 0.15) is 0 Å². The standard InChI is InChI=1S/C14H22.2ClH.Ti/c1-3-5-8-13-10-7-11-14(12-13)9-6-4-2;;;/h7,10-12H,3-6,8-9H2,1-2H3;2*1H;/q;;;+2/p-2. The number of unbranched alkanes of at least 4 members (excludes halogenated alkanes) is 2. The summed E-state index contributed by atoms with van der Waals surface area (Å²) in [6, 6.07) is 9.09. The summed E-state index contributed by atoms with van der Waals surface area (Å²) < 4.78 is 0. The zero-order chi connectivity index (χ0) is 12.9. The van der Waals surface area contributed by atoms with Crippen molar-refractivity contribution >= 4 is 18.6 Å². The summed E-state index contributed by atoms with van der Waals surface area (Å²) >= 11 is -0.556. The first-order valence-corrected chi connectivity index (χ1v) is 10.6. The van der Waals surface area contributed by atoms with Crippen LogP contribution in [0.2, 0.25) is 0 Å². The van der Waals surface area contributed by atoms with Gasteiger partial charge in [-0.2, -0.15) is 0 Å². The topological polar surface area (TPSA) is 0 Å². The van der Waals surface area contributed by atoms with E-state index in [1.807, 2.05) is 0 Å². The molecule has 0 nitrogen and oxygen atoms in total. The summed E-state index contributed by atoms with van der Waals surface area (Å²) in [5.74, 6) is 0. The maximum absolute atomic E-state index is 4.89. The van der Waals surface area contributed by atoms with Gasteiger partial charge in [-0.05, 0) is 36.8 Å². The minimum atomic E-state index is -0.556. The van der Waals surface area contributed by atoms with Gasteiger partial charge in [-0.1, -0.05) is 51.0 Å². The molecule has 0 radical (unpaired) electrons. The molecule has 0 amide bonds. The van der Waals surface area contributed by atoms with Crippen LogP contribution in [0.15, 0.2) is 24.3 Å². The van der Waals surface area contributed by atoms with Crippen LogP contribution in [-0.2, 0) is 29.9 Å². The molecular weight excluding hydrogens is 287 g/mol. The molecule has 96 valence electrons. The molecular formula is C14H22Cl2Ti. The van der Waals surface area contributed by atoms with Gasteiger partial charge in [0.15, 0.2) is 0 Å². The molecule has 0 heterocycles. The number of hydrogen-bond acceptors (Lipinski definition) is 0. The van der Waals surface area contributed by atoms with Gasteiger partial charge in [-0.3, -0.25) is 0 Å². The molecule has 0 aromatic heterocycles. The summed E-state index contributed by atoms with van der Waals surface area (Å²) in [6.45, 7) is 4.50. The fourth-order valence-corrected chi connectivity index (χ4v) is 1.70.